The number of aromatic nitrogens is 4. The zero-order chi connectivity index (χ0) is 28.7. The molecule has 0 aliphatic heterocycles. The first-order chi connectivity index (χ1) is 19.9. The highest BCUT2D eigenvalue weighted by molar-refractivity contribution is 6.05. The maximum atomic E-state index is 12.7. The summed E-state index contributed by atoms with van der Waals surface area (Å²) < 4.78 is 13.1. The summed E-state index contributed by atoms with van der Waals surface area (Å²) in [5.74, 6) is 2.10. The predicted octanol–water partition coefficient (Wildman–Crippen LogP) is 5.14. The lowest BCUT2D eigenvalue weighted by atomic mass is 10.1. The van der Waals surface area contributed by atoms with E-state index in [1.807, 2.05) is 36.4 Å². The zero-order valence-corrected chi connectivity index (χ0v) is 23.7. The fraction of sp³-hybridized carbons (Fsp3) is 0.323. The fourth-order valence-electron chi connectivity index (χ4n) is 5.44. The van der Waals surface area contributed by atoms with Crippen molar-refractivity contribution in [2.75, 3.05) is 19.5 Å². The van der Waals surface area contributed by atoms with Crippen LogP contribution in [0.3, 0.4) is 0 Å². The molecule has 5 aromatic rings. The molecule has 6 rings (SSSR count). The number of ether oxygens (including phenoxy) is 2. The normalized spacial score (nSPS) is 13.2. The van der Waals surface area contributed by atoms with Gasteiger partial charge in [-0.25, -0.2) is 9.97 Å². The average molecular weight is 554 g/mol. The van der Waals surface area contributed by atoms with Crippen molar-refractivity contribution in [3.8, 4) is 22.8 Å². The molecule has 0 unspecified atom stereocenters. The van der Waals surface area contributed by atoms with Crippen LogP contribution in [0.4, 0.5) is 5.82 Å². The summed E-state index contributed by atoms with van der Waals surface area (Å²) in [5, 5.41) is 8.47. The molecule has 10 heteroatoms. The van der Waals surface area contributed by atoms with Gasteiger partial charge in [-0.3, -0.25) is 4.79 Å². The van der Waals surface area contributed by atoms with Gasteiger partial charge in [0, 0.05) is 70.2 Å². The minimum atomic E-state index is -0.0431. The van der Waals surface area contributed by atoms with Crippen LogP contribution in [-0.2, 0) is 13.1 Å². The summed E-state index contributed by atoms with van der Waals surface area (Å²) in [6.07, 6.45) is 3.67. The third-order valence-electron chi connectivity index (χ3n) is 7.60. The summed E-state index contributed by atoms with van der Waals surface area (Å²) >= 11 is 0. The number of carbonyl (C=O) groups excluding carboxylic acids is 1. The number of benzene rings is 2. The second kappa shape index (κ2) is 10.8. The van der Waals surface area contributed by atoms with Gasteiger partial charge in [-0.05, 0) is 57.0 Å². The van der Waals surface area contributed by atoms with E-state index in [1.54, 1.807) is 20.5 Å². The molecule has 0 saturated heterocycles. The Labute approximate surface area is 238 Å². The second-order valence-electron chi connectivity index (χ2n) is 10.7. The number of hydrogen-bond acceptors (Lipinski definition) is 7. The van der Waals surface area contributed by atoms with Gasteiger partial charge in [-0.15, -0.1) is 0 Å². The molecule has 1 amide bonds. The van der Waals surface area contributed by atoms with E-state index in [0.717, 1.165) is 68.8 Å². The first kappa shape index (κ1) is 26.6. The van der Waals surface area contributed by atoms with Gasteiger partial charge in [0.1, 0.15) is 29.3 Å². The van der Waals surface area contributed by atoms with Crippen LogP contribution in [-0.4, -0.2) is 45.7 Å². The first-order valence-electron chi connectivity index (χ1n) is 13.9. The van der Waals surface area contributed by atoms with Crippen LogP contribution in [0, 0.1) is 0 Å². The molecule has 0 bridgehead atoms. The Bertz CT molecular complexity index is 1750. The Morgan fingerprint density at radius 2 is 1.95 bits per heavy atom. The summed E-state index contributed by atoms with van der Waals surface area (Å²) in [5.41, 5.74) is 12.5. The van der Waals surface area contributed by atoms with E-state index < -0.39 is 0 Å². The van der Waals surface area contributed by atoms with E-state index in [1.165, 1.54) is 0 Å². The van der Waals surface area contributed by atoms with Gasteiger partial charge in [-0.1, -0.05) is 6.07 Å². The van der Waals surface area contributed by atoms with Gasteiger partial charge in [0.25, 0.3) is 5.91 Å². The van der Waals surface area contributed by atoms with Crippen molar-refractivity contribution in [2.24, 2.45) is 5.73 Å². The Hall–Kier alpha value is -4.57. The van der Waals surface area contributed by atoms with Gasteiger partial charge < -0.3 is 35.4 Å². The van der Waals surface area contributed by atoms with E-state index >= 15 is 0 Å². The number of nitrogens with two attached hydrogens (primary N) is 1. The van der Waals surface area contributed by atoms with Gasteiger partial charge >= 0.3 is 0 Å². The molecule has 2 aromatic carbocycles. The first-order valence-corrected chi connectivity index (χ1v) is 13.9. The van der Waals surface area contributed by atoms with E-state index in [2.05, 4.69) is 45.1 Å². The quantitative estimate of drug-likeness (QED) is 0.188. The monoisotopic (exact) mass is 553 g/mol. The van der Waals surface area contributed by atoms with Crippen LogP contribution < -0.4 is 25.8 Å². The number of fused-ring (bicyclic) bond motifs is 2. The Morgan fingerprint density at radius 1 is 1.12 bits per heavy atom. The predicted molar refractivity (Wildman–Crippen MR) is 160 cm³/mol. The highest BCUT2D eigenvalue weighted by Crippen LogP contribution is 2.40. The van der Waals surface area contributed by atoms with E-state index in [0.29, 0.717) is 30.5 Å². The molecule has 1 aliphatic rings. The van der Waals surface area contributed by atoms with Crippen LogP contribution in [0.2, 0.25) is 0 Å². The highest BCUT2D eigenvalue weighted by Gasteiger charge is 2.26. The molecule has 0 radical (unpaired) electrons. The van der Waals surface area contributed by atoms with Crippen LogP contribution in [0.15, 0.2) is 48.8 Å². The lowest BCUT2D eigenvalue weighted by Gasteiger charge is -2.13. The minimum Gasteiger partial charge on any atom is -0.497 e. The third kappa shape index (κ3) is 4.95. The van der Waals surface area contributed by atoms with E-state index in [4.69, 9.17) is 20.2 Å². The molecular formula is C31H35N7O3. The molecule has 1 saturated carbocycles. The Morgan fingerprint density at radius 3 is 2.66 bits per heavy atom. The molecular weight excluding hydrogens is 518 g/mol. The highest BCUT2D eigenvalue weighted by atomic mass is 16.5. The summed E-state index contributed by atoms with van der Waals surface area (Å²) in [7, 11) is 3.28. The second-order valence-corrected chi connectivity index (χ2v) is 10.7. The van der Waals surface area contributed by atoms with Crippen LogP contribution in [0.1, 0.15) is 54.3 Å². The number of aromatic amines is 1. The largest absolute Gasteiger partial charge is 0.497 e. The third-order valence-corrected chi connectivity index (χ3v) is 7.60. The molecule has 0 spiro atoms. The van der Waals surface area contributed by atoms with Gasteiger partial charge in [0.2, 0.25) is 0 Å². The van der Waals surface area contributed by atoms with Crippen molar-refractivity contribution in [1.29, 1.82) is 0 Å². The average Bonchev–Trinajstić information content (AvgIpc) is 3.58. The standard InChI is InChI=1S/C31H35N7O3/c1-17(2)38-25(14-32)27(24-11-18-5-6-19(12-23(18)37-24)31(39)36-21-8-9-21)28-29(34-16-35-30(28)38)33-15-20-7-10-22(40-3)13-26(20)41-4/h5-7,10-13,16-17,21,37H,8-9,14-15,32H2,1-4H3,(H,36,39)(H,33,34,35). The summed E-state index contributed by atoms with van der Waals surface area (Å²) in [4.78, 5) is 25.6. The van der Waals surface area contributed by atoms with Crippen LogP contribution in [0.5, 0.6) is 11.5 Å². The van der Waals surface area contributed by atoms with Crippen molar-refractivity contribution in [3.05, 3.63) is 65.6 Å². The van der Waals surface area contributed by atoms with E-state index in [-0.39, 0.29) is 11.9 Å². The molecule has 3 aromatic heterocycles. The Balaban J connectivity index is 1.45. The minimum absolute atomic E-state index is 0.0431. The number of methoxy groups -OCH3 is 2. The van der Waals surface area contributed by atoms with Gasteiger partial charge in [-0.2, -0.15) is 0 Å². The topological polar surface area (TPSA) is 132 Å². The van der Waals surface area contributed by atoms with E-state index in [9.17, 15) is 4.79 Å². The molecule has 5 N–H and O–H groups in total. The number of nitrogens with zero attached hydrogens (tertiary/aromatic N) is 3. The number of amides is 1. The SMILES string of the molecule is COc1ccc(CNc2ncnc3c2c(-c2cc4ccc(C(=O)NC5CC5)cc4[nH]2)c(CN)n3C(C)C)c(OC)c1. The lowest BCUT2D eigenvalue weighted by molar-refractivity contribution is 0.0951. The van der Waals surface area contributed by atoms with Crippen molar-refractivity contribution in [1.82, 2.24) is 24.8 Å². The molecule has 41 heavy (non-hydrogen) atoms. The molecule has 0 atom stereocenters. The maximum absolute atomic E-state index is 12.7. The number of H-pyrrole nitrogens is 1. The zero-order valence-electron chi connectivity index (χ0n) is 23.7. The van der Waals surface area contributed by atoms with Crippen molar-refractivity contribution < 1.29 is 14.3 Å². The van der Waals surface area contributed by atoms with Gasteiger partial charge in [0.15, 0.2) is 0 Å². The smallest absolute Gasteiger partial charge is 0.251 e. The number of carbonyl (C=O) groups is 1. The van der Waals surface area contributed by atoms with Crippen LogP contribution >= 0.6 is 0 Å². The molecule has 10 nitrogen and oxygen atoms in total. The summed E-state index contributed by atoms with van der Waals surface area (Å²) in [6.45, 7) is 5.04. The van der Waals surface area contributed by atoms with Crippen molar-refractivity contribution in [3.63, 3.8) is 0 Å². The Kier molecular flexibility index (Phi) is 7.00. The molecule has 3 heterocycles. The fourth-order valence-corrected chi connectivity index (χ4v) is 5.44. The number of nitrogens with one attached hydrogen (secondary N) is 3. The molecule has 1 fully saturated rings. The number of rotatable bonds is 10. The van der Waals surface area contributed by atoms with Gasteiger partial charge in [0.05, 0.1) is 19.6 Å². The lowest BCUT2D eigenvalue weighted by Crippen LogP contribution is -2.25. The molecule has 1 aliphatic carbocycles. The number of anilines is 1. The molecule has 212 valence electrons. The maximum Gasteiger partial charge on any atom is 0.251 e. The number of hydrogen-bond donors (Lipinski definition) is 4. The van der Waals surface area contributed by atoms with Crippen LogP contribution in [0.25, 0.3) is 33.2 Å². The van der Waals surface area contributed by atoms with Crippen molar-refractivity contribution >= 4 is 33.7 Å². The van der Waals surface area contributed by atoms with Crippen molar-refractivity contribution in [2.45, 2.75) is 51.9 Å². The summed E-state index contributed by atoms with van der Waals surface area (Å²) in [6, 6.07) is 14.0.